The highest BCUT2D eigenvalue weighted by Gasteiger charge is 2.33. The summed E-state index contributed by atoms with van der Waals surface area (Å²) in [6.45, 7) is 3.14. The van der Waals surface area contributed by atoms with Gasteiger partial charge in [-0.2, -0.15) is 0 Å². The lowest BCUT2D eigenvalue weighted by molar-refractivity contribution is 0.0984. The van der Waals surface area contributed by atoms with Gasteiger partial charge in [-0.25, -0.2) is 8.42 Å². The van der Waals surface area contributed by atoms with E-state index in [0.717, 1.165) is 36.1 Å². The first kappa shape index (κ1) is 22.5. The minimum absolute atomic E-state index is 0.0104. The molecule has 0 N–H and O–H groups in total. The highest BCUT2D eigenvalue weighted by Crippen LogP contribution is 2.38. The van der Waals surface area contributed by atoms with Crippen LogP contribution in [-0.2, 0) is 16.4 Å². The molecule has 5 rings (SSSR count). The molecule has 0 saturated carbocycles. The number of para-hydroxylation sites is 2. The Morgan fingerprint density at radius 2 is 1.71 bits per heavy atom. The van der Waals surface area contributed by atoms with Gasteiger partial charge in [-0.3, -0.25) is 9.10 Å². The first-order valence-electron chi connectivity index (χ1n) is 11.6. The van der Waals surface area contributed by atoms with Gasteiger partial charge in [0.05, 0.1) is 12.8 Å². The van der Waals surface area contributed by atoms with Crippen molar-refractivity contribution in [2.75, 3.05) is 29.4 Å². The zero-order valence-corrected chi connectivity index (χ0v) is 20.2. The first-order chi connectivity index (χ1) is 16.4. The van der Waals surface area contributed by atoms with E-state index in [1.54, 1.807) is 17.0 Å². The summed E-state index contributed by atoms with van der Waals surface area (Å²) in [5, 5.41) is 0. The molecule has 7 heteroatoms. The van der Waals surface area contributed by atoms with Crippen LogP contribution in [0.5, 0.6) is 5.75 Å². The van der Waals surface area contributed by atoms with Crippen LogP contribution < -0.4 is 13.9 Å². The summed E-state index contributed by atoms with van der Waals surface area (Å²) < 4.78 is 34.6. The number of sulfonamides is 1. The Morgan fingerprint density at radius 1 is 0.971 bits per heavy atom. The topological polar surface area (TPSA) is 66.9 Å². The van der Waals surface area contributed by atoms with E-state index < -0.39 is 10.0 Å². The van der Waals surface area contributed by atoms with Gasteiger partial charge < -0.3 is 9.64 Å². The molecule has 34 heavy (non-hydrogen) atoms. The molecule has 0 radical (unpaired) electrons. The maximum atomic E-state index is 13.8. The summed E-state index contributed by atoms with van der Waals surface area (Å²) in [7, 11) is -2.49. The summed E-state index contributed by atoms with van der Waals surface area (Å²) in [4.78, 5) is 15.4. The molecule has 0 aromatic heterocycles. The Labute approximate surface area is 200 Å². The van der Waals surface area contributed by atoms with Crippen LogP contribution in [0.25, 0.3) is 0 Å². The van der Waals surface area contributed by atoms with Gasteiger partial charge in [-0.05, 0) is 66.6 Å². The standard InChI is InChI=1S/C27H28N2O4S/c1-19-15-17-28(24-12-6-4-10-22(19)24)27(30)21-13-14-25(33-2)26(18-21)34(31,32)29-16-7-9-20-8-3-5-11-23(20)29/h3-6,8,10-14,18-19H,7,9,15-17H2,1-2H3. The minimum atomic E-state index is -3.94. The van der Waals surface area contributed by atoms with Crippen LogP contribution in [-0.4, -0.2) is 34.5 Å². The average Bonchev–Trinajstić information content (AvgIpc) is 2.88. The number of rotatable bonds is 4. The van der Waals surface area contributed by atoms with Gasteiger partial charge in [0, 0.05) is 24.3 Å². The van der Waals surface area contributed by atoms with Crippen LogP contribution >= 0.6 is 0 Å². The fourth-order valence-electron chi connectivity index (χ4n) is 4.99. The number of amides is 1. The van der Waals surface area contributed by atoms with Crippen LogP contribution in [0.15, 0.2) is 71.6 Å². The minimum Gasteiger partial charge on any atom is -0.495 e. The predicted molar refractivity (Wildman–Crippen MR) is 133 cm³/mol. The van der Waals surface area contributed by atoms with Crippen LogP contribution in [0.2, 0.25) is 0 Å². The molecule has 3 aromatic rings. The highest BCUT2D eigenvalue weighted by molar-refractivity contribution is 7.93. The monoisotopic (exact) mass is 476 g/mol. The second-order valence-electron chi connectivity index (χ2n) is 8.88. The predicted octanol–water partition coefficient (Wildman–Crippen LogP) is 4.99. The number of methoxy groups -OCH3 is 1. The van der Waals surface area contributed by atoms with Crippen molar-refractivity contribution in [3.8, 4) is 5.75 Å². The quantitative estimate of drug-likeness (QED) is 0.532. The zero-order chi connectivity index (χ0) is 23.9. The number of benzene rings is 3. The summed E-state index contributed by atoms with van der Waals surface area (Å²) in [6, 6.07) is 20.2. The molecule has 0 fully saturated rings. The third kappa shape index (κ3) is 3.74. The summed E-state index contributed by atoms with van der Waals surface area (Å²) >= 11 is 0. The maximum Gasteiger partial charge on any atom is 0.268 e. The first-order valence-corrected chi connectivity index (χ1v) is 13.1. The number of nitrogens with zero attached hydrogens (tertiary/aromatic N) is 2. The van der Waals surface area contributed by atoms with Gasteiger partial charge >= 0.3 is 0 Å². The van der Waals surface area contributed by atoms with Crippen molar-refractivity contribution in [2.45, 2.75) is 37.0 Å². The van der Waals surface area contributed by atoms with E-state index >= 15 is 0 Å². The lowest BCUT2D eigenvalue weighted by atomic mass is 9.91. The van der Waals surface area contributed by atoms with E-state index in [4.69, 9.17) is 4.74 Å². The fourth-order valence-corrected chi connectivity index (χ4v) is 6.72. The van der Waals surface area contributed by atoms with Crippen molar-refractivity contribution in [2.24, 2.45) is 0 Å². The highest BCUT2D eigenvalue weighted by atomic mass is 32.2. The van der Waals surface area contributed by atoms with E-state index in [1.807, 2.05) is 42.5 Å². The number of hydrogen-bond donors (Lipinski definition) is 0. The Balaban J connectivity index is 1.56. The van der Waals surface area contributed by atoms with E-state index in [1.165, 1.54) is 17.5 Å². The van der Waals surface area contributed by atoms with E-state index in [0.29, 0.717) is 30.3 Å². The largest absolute Gasteiger partial charge is 0.495 e. The lowest BCUT2D eigenvalue weighted by Crippen LogP contribution is -2.37. The zero-order valence-electron chi connectivity index (χ0n) is 19.4. The van der Waals surface area contributed by atoms with Gasteiger partial charge in [0.2, 0.25) is 0 Å². The SMILES string of the molecule is COc1ccc(C(=O)N2CCC(C)c3ccccc32)cc1S(=O)(=O)N1CCCc2ccccc21. The molecule has 0 saturated heterocycles. The van der Waals surface area contributed by atoms with Crippen molar-refractivity contribution in [3.63, 3.8) is 0 Å². The fraction of sp³-hybridized carbons (Fsp3) is 0.296. The maximum absolute atomic E-state index is 13.8. The molecule has 3 aromatic carbocycles. The van der Waals surface area contributed by atoms with Crippen molar-refractivity contribution in [1.82, 2.24) is 0 Å². The Kier molecular flexibility index (Phi) is 5.81. The second-order valence-corrected chi connectivity index (χ2v) is 10.7. The van der Waals surface area contributed by atoms with Crippen molar-refractivity contribution < 1.29 is 17.9 Å². The molecule has 6 nitrogen and oxygen atoms in total. The van der Waals surface area contributed by atoms with Crippen molar-refractivity contribution in [1.29, 1.82) is 0 Å². The van der Waals surface area contributed by atoms with E-state index in [9.17, 15) is 13.2 Å². The van der Waals surface area contributed by atoms with E-state index in [2.05, 4.69) is 13.0 Å². The number of anilines is 2. The molecule has 176 valence electrons. The summed E-state index contributed by atoms with van der Waals surface area (Å²) in [6.07, 6.45) is 2.43. The molecule has 2 aliphatic heterocycles. The lowest BCUT2D eigenvalue weighted by Gasteiger charge is -2.33. The molecule has 2 heterocycles. The third-order valence-corrected chi connectivity index (χ3v) is 8.67. The molecule has 0 aliphatic carbocycles. The second kappa shape index (κ2) is 8.80. The summed E-state index contributed by atoms with van der Waals surface area (Å²) in [5.74, 6) is 0.385. The van der Waals surface area contributed by atoms with Gasteiger partial charge in [0.15, 0.2) is 0 Å². The normalized spacial score (nSPS) is 17.6. The van der Waals surface area contributed by atoms with Crippen molar-refractivity contribution >= 4 is 27.3 Å². The molecule has 1 amide bonds. The van der Waals surface area contributed by atoms with Crippen LogP contribution in [0.4, 0.5) is 11.4 Å². The third-order valence-electron chi connectivity index (χ3n) is 6.84. The van der Waals surface area contributed by atoms with Gasteiger partial charge in [-0.15, -0.1) is 0 Å². The van der Waals surface area contributed by atoms with Gasteiger partial charge in [0.25, 0.3) is 15.9 Å². The Bertz CT molecular complexity index is 1350. The smallest absolute Gasteiger partial charge is 0.268 e. The molecular formula is C27H28N2O4S. The van der Waals surface area contributed by atoms with Crippen LogP contribution in [0.3, 0.4) is 0 Å². The van der Waals surface area contributed by atoms with Crippen LogP contribution in [0, 0.1) is 0 Å². The van der Waals surface area contributed by atoms with Crippen LogP contribution in [0.1, 0.15) is 47.2 Å². The number of ether oxygens (including phenoxy) is 1. The molecule has 0 bridgehead atoms. The Morgan fingerprint density at radius 3 is 2.50 bits per heavy atom. The Hall–Kier alpha value is -3.32. The summed E-state index contributed by atoms with van der Waals surface area (Å²) in [5.41, 5.74) is 4.04. The molecule has 2 aliphatic rings. The van der Waals surface area contributed by atoms with E-state index in [-0.39, 0.29) is 16.6 Å². The number of aryl methyl sites for hydroxylation is 1. The van der Waals surface area contributed by atoms with Gasteiger partial charge in [0.1, 0.15) is 10.6 Å². The number of fused-ring (bicyclic) bond motifs is 2. The number of carbonyl (C=O) groups excluding carboxylic acids is 1. The number of carbonyl (C=O) groups is 1. The number of hydrogen-bond acceptors (Lipinski definition) is 4. The molecule has 0 spiro atoms. The average molecular weight is 477 g/mol. The molecule has 1 unspecified atom stereocenters. The van der Waals surface area contributed by atoms with Gasteiger partial charge in [-0.1, -0.05) is 43.3 Å². The molecule has 1 atom stereocenters. The molecular weight excluding hydrogens is 448 g/mol. The van der Waals surface area contributed by atoms with Crippen molar-refractivity contribution in [3.05, 3.63) is 83.4 Å².